The van der Waals surface area contributed by atoms with Gasteiger partial charge in [0.15, 0.2) is 5.79 Å². The summed E-state index contributed by atoms with van der Waals surface area (Å²) in [5.41, 5.74) is 3.16. The fraction of sp³-hybridized carbons (Fsp3) is 0.636. The normalized spacial score (nSPS) is 24.4. The summed E-state index contributed by atoms with van der Waals surface area (Å²) in [7, 11) is 0. The van der Waals surface area contributed by atoms with Gasteiger partial charge in [0.05, 0.1) is 17.9 Å². The second-order valence-corrected chi connectivity index (χ2v) is 8.68. The highest BCUT2D eigenvalue weighted by Gasteiger charge is 2.49. The van der Waals surface area contributed by atoms with Crippen LogP contribution in [-0.2, 0) is 15.9 Å². The van der Waals surface area contributed by atoms with Crippen molar-refractivity contribution in [1.29, 1.82) is 0 Å². The van der Waals surface area contributed by atoms with Crippen LogP contribution in [0.1, 0.15) is 72.8 Å². The van der Waals surface area contributed by atoms with Gasteiger partial charge in [-0.1, -0.05) is 23.3 Å². The maximum Gasteiger partial charge on any atom is 0.321 e. The Morgan fingerprint density at radius 2 is 1.96 bits per heavy atom. The largest absolute Gasteiger partial charge is 0.358 e. The molecule has 1 aliphatic rings. The van der Waals surface area contributed by atoms with Crippen molar-refractivity contribution in [3.05, 3.63) is 51.2 Å². The van der Waals surface area contributed by atoms with Crippen LogP contribution in [0.15, 0.2) is 35.6 Å². The van der Waals surface area contributed by atoms with E-state index in [1.165, 1.54) is 11.1 Å². The van der Waals surface area contributed by atoms with E-state index in [1.807, 2.05) is 13.8 Å². The van der Waals surface area contributed by atoms with Gasteiger partial charge in [0.25, 0.3) is 0 Å². The van der Waals surface area contributed by atoms with Gasteiger partial charge in [-0.25, -0.2) is 4.98 Å². The molecule has 1 saturated heterocycles. The van der Waals surface area contributed by atoms with Crippen molar-refractivity contribution in [2.24, 2.45) is 0 Å². The van der Waals surface area contributed by atoms with Crippen LogP contribution >= 0.6 is 0 Å². The van der Waals surface area contributed by atoms with Gasteiger partial charge >= 0.3 is 5.82 Å². The molecule has 0 saturated carbocycles. The van der Waals surface area contributed by atoms with Crippen molar-refractivity contribution in [1.82, 2.24) is 4.98 Å². The average Bonchev–Trinajstić information content (AvgIpc) is 3.10. The van der Waals surface area contributed by atoms with Crippen molar-refractivity contribution in [2.45, 2.75) is 91.1 Å². The first kappa shape index (κ1) is 22.4. The van der Waals surface area contributed by atoms with Gasteiger partial charge in [-0.3, -0.25) is 0 Å². The second-order valence-electron chi connectivity index (χ2n) is 8.68. The number of ether oxygens (including phenoxy) is 2. The molecule has 1 aromatic rings. The lowest BCUT2D eigenvalue weighted by Crippen LogP contribution is -2.38. The monoisotopic (exact) mass is 390 g/mol. The van der Waals surface area contributed by atoms with Crippen molar-refractivity contribution in [3.63, 3.8) is 0 Å². The number of rotatable bonds is 9. The lowest BCUT2D eigenvalue weighted by Gasteiger charge is -2.28. The van der Waals surface area contributed by atoms with Gasteiger partial charge in [-0.05, 0) is 72.1 Å². The molecule has 0 radical (unpaired) electrons. The number of nitrogens with zero attached hydrogens (tertiary/aromatic N) is 1. The highest BCUT2D eigenvalue weighted by molar-refractivity contribution is 5.28. The molecule has 0 spiro atoms. The topological polar surface area (TPSA) is 77.4 Å². The predicted octanol–water partition coefficient (Wildman–Crippen LogP) is 5.85. The lowest BCUT2D eigenvalue weighted by atomic mass is 9.89. The maximum atomic E-state index is 10.9. The molecule has 1 aromatic heterocycles. The number of allylic oxidation sites excluding steroid dienone is 4. The van der Waals surface area contributed by atoms with Crippen molar-refractivity contribution >= 4 is 5.82 Å². The van der Waals surface area contributed by atoms with E-state index in [-0.39, 0.29) is 11.9 Å². The van der Waals surface area contributed by atoms with Gasteiger partial charge in [0.2, 0.25) is 0 Å². The summed E-state index contributed by atoms with van der Waals surface area (Å²) in [5, 5.41) is 10.9. The Labute approximate surface area is 168 Å². The minimum absolute atomic E-state index is 0.00445. The zero-order valence-electron chi connectivity index (χ0n) is 18.0. The summed E-state index contributed by atoms with van der Waals surface area (Å²) in [6.45, 7) is 12.3. The Morgan fingerprint density at radius 1 is 1.25 bits per heavy atom. The number of hydrogen-bond donors (Lipinski definition) is 1. The molecule has 2 heterocycles. The smallest absolute Gasteiger partial charge is 0.321 e. The Morgan fingerprint density at radius 3 is 2.57 bits per heavy atom. The standard InChI is InChI=1S/C22H34N2O4/c1-16(2)9-7-10-17(3)11-8-12-22(6)19(27-21(4,5)28-22)13-18-14-20(23-15-18)24(25)26/h9,11,14-15,19,23H,7-8,10,12-13H2,1-6H3/b17-11+/t19-,22+/m1/s1. The van der Waals surface area contributed by atoms with Crippen LogP contribution in [-0.4, -0.2) is 27.4 Å². The van der Waals surface area contributed by atoms with E-state index in [4.69, 9.17) is 9.47 Å². The van der Waals surface area contributed by atoms with Crippen molar-refractivity contribution < 1.29 is 14.4 Å². The maximum absolute atomic E-state index is 10.9. The average molecular weight is 391 g/mol. The molecule has 2 rings (SSSR count). The minimum Gasteiger partial charge on any atom is -0.358 e. The first-order chi connectivity index (χ1) is 13.0. The van der Waals surface area contributed by atoms with Crippen LogP contribution in [0, 0.1) is 10.1 Å². The van der Waals surface area contributed by atoms with Gasteiger partial charge in [-0.15, -0.1) is 0 Å². The summed E-state index contributed by atoms with van der Waals surface area (Å²) in [5.74, 6) is -0.658. The fourth-order valence-electron chi connectivity index (χ4n) is 3.75. The molecular weight excluding hydrogens is 356 g/mol. The third-order valence-corrected chi connectivity index (χ3v) is 5.16. The van der Waals surface area contributed by atoms with Crippen LogP contribution in [0.3, 0.4) is 0 Å². The zero-order chi connectivity index (χ0) is 20.9. The summed E-state index contributed by atoms with van der Waals surface area (Å²) < 4.78 is 12.4. The summed E-state index contributed by atoms with van der Waals surface area (Å²) in [6.07, 6.45) is 10.6. The molecule has 28 heavy (non-hydrogen) atoms. The Kier molecular flexibility index (Phi) is 7.23. The molecule has 0 aromatic carbocycles. The third kappa shape index (κ3) is 6.31. The van der Waals surface area contributed by atoms with Crippen LogP contribution in [0.2, 0.25) is 0 Å². The van der Waals surface area contributed by atoms with E-state index in [0.717, 1.165) is 31.2 Å². The van der Waals surface area contributed by atoms with Gasteiger partial charge < -0.3 is 19.6 Å². The summed E-state index contributed by atoms with van der Waals surface area (Å²) in [6, 6.07) is 1.57. The fourth-order valence-corrected chi connectivity index (χ4v) is 3.75. The summed E-state index contributed by atoms with van der Waals surface area (Å²) in [4.78, 5) is 13.2. The Hall–Kier alpha value is -1.92. The highest BCUT2D eigenvalue weighted by Crippen LogP contribution is 2.41. The number of nitrogens with one attached hydrogen (secondary N) is 1. The van der Waals surface area contributed by atoms with Crippen molar-refractivity contribution in [2.75, 3.05) is 0 Å². The molecule has 0 bridgehead atoms. The van der Waals surface area contributed by atoms with Crippen LogP contribution < -0.4 is 0 Å². The second kappa shape index (κ2) is 9.05. The van der Waals surface area contributed by atoms with E-state index in [0.29, 0.717) is 6.42 Å². The quantitative estimate of drug-likeness (QED) is 0.326. The van der Waals surface area contributed by atoms with Crippen LogP contribution in [0.25, 0.3) is 0 Å². The Bertz CT molecular complexity index is 743. The molecule has 0 amide bonds. The summed E-state index contributed by atoms with van der Waals surface area (Å²) >= 11 is 0. The molecular formula is C22H34N2O4. The molecule has 1 aliphatic heterocycles. The van der Waals surface area contributed by atoms with E-state index >= 15 is 0 Å². The van der Waals surface area contributed by atoms with E-state index in [2.05, 4.69) is 44.8 Å². The number of nitro groups is 1. The number of aromatic amines is 1. The van der Waals surface area contributed by atoms with Crippen LogP contribution in [0.5, 0.6) is 0 Å². The molecule has 6 heteroatoms. The van der Waals surface area contributed by atoms with E-state index < -0.39 is 16.3 Å². The van der Waals surface area contributed by atoms with Gasteiger partial charge in [-0.2, -0.15) is 0 Å². The number of H-pyrrole nitrogens is 1. The number of hydrogen-bond acceptors (Lipinski definition) is 4. The van der Waals surface area contributed by atoms with Gasteiger partial charge in [0, 0.05) is 18.1 Å². The van der Waals surface area contributed by atoms with Gasteiger partial charge in [0.1, 0.15) is 0 Å². The molecule has 0 unspecified atom stereocenters. The highest BCUT2D eigenvalue weighted by atomic mass is 16.8. The number of aromatic nitrogens is 1. The van der Waals surface area contributed by atoms with Crippen LogP contribution in [0.4, 0.5) is 5.82 Å². The molecule has 1 fully saturated rings. The van der Waals surface area contributed by atoms with E-state index in [1.54, 1.807) is 12.3 Å². The first-order valence-corrected chi connectivity index (χ1v) is 9.99. The van der Waals surface area contributed by atoms with E-state index in [9.17, 15) is 10.1 Å². The first-order valence-electron chi connectivity index (χ1n) is 9.99. The molecule has 0 aliphatic carbocycles. The van der Waals surface area contributed by atoms with Crippen molar-refractivity contribution in [3.8, 4) is 0 Å². The molecule has 156 valence electrons. The lowest BCUT2D eigenvalue weighted by molar-refractivity contribution is -0.389. The molecule has 1 N–H and O–H groups in total. The molecule has 2 atom stereocenters. The third-order valence-electron chi connectivity index (χ3n) is 5.16. The predicted molar refractivity (Wildman–Crippen MR) is 111 cm³/mol. The SMILES string of the molecule is CC(C)=CCC/C(C)=C/CC[C@]1(C)OC(C)(C)O[C@@H]1Cc1c[nH]c([N+](=O)[O-])c1. The Balaban J connectivity index is 2.00. The minimum atomic E-state index is -0.663. The molecule has 6 nitrogen and oxygen atoms in total. The zero-order valence-corrected chi connectivity index (χ0v) is 18.0.